The summed E-state index contributed by atoms with van der Waals surface area (Å²) in [7, 11) is 0. The van der Waals surface area contributed by atoms with E-state index in [1.807, 2.05) is 4.57 Å². The Hall–Kier alpha value is -1.22. The predicted molar refractivity (Wildman–Crippen MR) is 125 cm³/mol. The number of thioether (sulfide) groups is 1. The van der Waals surface area contributed by atoms with Crippen molar-refractivity contribution in [1.29, 1.82) is 0 Å². The molecule has 8 heteroatoms. The first kappa shape index (κ1) is 20.7. The third-order valence-electron chi connectivity index (χ3n) is 5.86. The summed E-state index contributed by atoms with van der Waals surface area (Å²) < 4.78 is 7.75. The molecule has 160 valence electrons. The fraction of sp³-hybridized carbons (Fsp3) is 0.591. The van der Waals surface area contributed by atoms with Crippen molar-refractivity contribution in [2.45, 2.75) is 81.8 Å². The van der Waals surface area contributed by atoms with Crippen molar-refractivity contribution in [2.24, 2.45) is 0 Å². The number of aryl methyl sites for hydroxylation is 2. The van der Waals surface area contributed by atoms with E-state index in [9.17, 15) is 4.79 Å². The minimum atomic E-state index is 0.113. The van der Waals surface area contributed by atoms with Crippen molar-refractivity contribution in [3.05, 3.63) is 36.9 Å². The van der Waals surface area contributed by atoms with Crippen molar-refractivity contribution >= 4 is 44.7 Å². The van der Waals surface area contributed by atoms with Crippen molar-refractivity contribution in [3.63, 3.8) is 0 Å². The van der Waals surface area contributed by atoms with E-state index in [4.69, 9.17) is 14.7 Å². The second kappa shape index (κ2) is 8.73. The SMILES string of the molecule is CC(C)c1nc(CSc2nc3sc4c(c3c(=O)n2CC2CCCO2)CCCC4)cs1. The lowest BCUT2D eigenvalue weighted by molar-refractivity contribution is 0.0937. The lowest BCUT2D eigenvalue weighted by atomic mass is 9.97. The summed E-state index contributed by atoms with van der Waals surface area (Å²) in [5, 5.41) is 4.97. The Morgan fingerprint density at radius 2 is 2.13 bits per heavy atom. The van der Waals surface area contributed by atoms with Gasteiger partial charge in [-0.15, -0.1) is 22.7 Å². The highest BCUT2D eigenvalue weighted by atomic mass is 32.2. The predicted octanol–water partition coefficient (Wildman–Crippen LogP) is 5.39. The zero-order valence-electron chi connectivity index (χ0n) is 17.5. The normalized spacial score (nSPS) is 19.1. The quantitative estimate of drug-likeness (QED) is 0.364. The van der Waals surface area contributed by atoms with Crippen LogP contribution in [0.3, 0.4) is 0 Å². The lowest BCUT2D eigenvalue weighted by Gasteiger charge is -2.16. The Bertz CT molecular complexity index is 1110. The largest absolute Gasteiger partial charge is 0.376 e. The van der Waals surface area contributed by atoms with Gasteiger partial charge in [-0.1, -0.05) is 25.6 Å². The van der Waals surface area contributed by atoms with Crippen LogP contribution in [-0.2, 0) is 29.9 Å². The Balaban J connectivity index is 1.51. The van der Waals surface area contributed by atoms with E-state index in [0.717, 1.165) is 64.1 Å². The minimum absolute atomic E-state index is 0.113. The van der Waals surface area contributed by atoms with Gasteiger partial charge in [0.1, 0.15) is 4.83 Å². The highest BCUT2D eigenvalue weighted by Gasteiger charge is 2.25. The molecule has 1 aliphatic heterocycles. The summed E-state index contributed by atoms with van der Waals surface area (Å²) in [5.41, 5.74) is 2.45. The molecule has 0 amide bonds. The summed E-state index contributed by atoms with van der Waals surface area (Å²) in [5.74, 6) is 1.18. The van der Waals surface area contributed by atoms with E-state index in [-0.39, 0.29) is 11.7 Å². The molecule has 1 saturated heterocycles. The molecule has 0 spiro atoms. The second-order valence-corrected chi connectivity index (χ2v) is 11.4. The summed E-state index contributed by atoms with van der Waals surface area (Å²) in [4.78, 5) is 25.7. The van der Waals surface area contributed by atoms with Gasteiger partial charge in [-0.05, 0) is 44.1 Å². The van der Waals surface area contributed by atoms with Gasteiger partial charge in [0.05, 0.1) is 28.7 Å². The smallest absolute Gasteiger partial charge is 0.263 e. The fourth-order valence-corrected chi connectivity index (χ4v) is 7.42. The van der Waals surface area contributed by atoms with Crippen LogP contribution in [0.25, 0.3) is 10.2 Å². The summed E-state index contributed by atoms with van der Waals surface area (Å²) in [6.07, 6.45) is 6.68. The highest BCUT2D eigenvalue weighted by molar-refractivity contribution is 7.98. The van der Waals surface area contributed by atoms with Crippen LogP contribution in [0.4, 0.5) is 0 Å². The number of ether oxygens (including phenoxy) is 1. The van der Waals surface area contributed by atoms with Gasteiger partial charge in [-0.2, -0.15) is 0 Å². The van der Waals surface area contributed by atoms with Crippen LogP contribution >= 0.6 is 34.4 Å². The van der Waals surface area contributed by atoms with E-state index < -0.39 is 0 Å². The van der Waals surface area contributed by atoms with Gasteiger partial charge in [0.25, 0.3) is 5.56 Å². The maximum Gasteiger partial charge on any atom is 0.263 e. The van der Waals surface area contributed by atoms with Crippen LogP contribution in [0.2, 0.25) is 0 Å². The molecule has 3 aromatic rings. The molecule has 1 unspecified atom stereocenters. The Morgan fingerprint density at radius 1 is 1.27 bits per heavy atom. The van der Waals surface area contributed by atoms with Crippen molar-refractivity contribution < 1.29 is 4.74 Å². The first-order valence-corrected chi connectivity index (χ1v) is 13.5. The van der Waals surface area contributed by atoms with Crippen LogP contribution < -0.4 is 5.56 Å². The van der Waals surface area contributed by atoms with Crippen molar-refractivity contribution in [1.82, 2.24) is 14.5 Å². The topological polar surface area (TPSA) is 57.0 Å². The van der Waals surface area contributed by atoms with Crippen molar-refractivity contribution in [3.8, 4) is 0 Å². The molecular weight excluding hydrogens is 434 g/mol. The number of rotatable bonds is 6. The first-order valence-electron chi connectivity index (χ1n) is 10.8. The molecule has 1 fully saturated rings. The molecule has 3 aromatic heterocycles. The van der Waals surface area contributed by atoms with Crippen LogP contribution in [0.15, 0.2) is 15.3 Å². The molecule has 5 rings (SSSR count). The standard InChI is InChI=1S/C22H27N3O2S3/c1-13(2)19-23-14(11-28-19)12-29-22-24-20-18(16-7-3-4-8-17(16)30-20)21(26)25(22)10-15-6-5-9-27-15/h11,13,15H,3-10,12H2,1-2H3. The molecule has 0 aromatic carbocycles. The molecule has 0 radical (unpaired) electrons. The number of hydrogen-bond donors (Lipinski definition) is 0. The zero-order valence-corrected chi connectivity index (χ0v) is 19.9. The number of fused-ring (bicyclic) bond motifs is 3. The van der Waals surface area contributed by atoms with E-state index in [1.54, 1.807) is 34.4 Å². The van der Waals surface area contributed by atoms with Gasteiger partial charge in [0, 0.05) is 28.5 Å². The molecule has 5 nitrogen and oxygen atoms in total. The highest BCUT2D eigenvalue weighted by Crippen LogP contribution is 2.35. The van der Waals surface area contributed by atoms with E-state index >= 15 is 0 Å². The minimum Gasteiger partial charge on any atom is -0.376 e. The zero-order chi connectivity index (χ0) is 20.7. The van der Waals surface area contributed by atoms with Crippen LogP contribution in [0.5, 0.6) is 0 Å². The number of hydrogen-bond acceptors (Lipinski definition) is 7. The van der Waals surface area contributed by atoms with Gasteiger partial charge in [0.2, 0.25) is 0 Å². The third-order valence-corrected chi connectivity index (χ3v) is 9.25. The van der Waals surface area contributed by atoms with Gasteiger partial charge in [-0.3, -0.25) is 9.36 Å². The molecule has 30 heavy (non-hydrogen) atoms. The van der Waals surface area contributed by atoms with Crippen LogP contribution in [-0.4, -0.2) is 27.2 Å². The molecule has 4 heterocycles. The molecular formula is C22H27N3O2S3. The molecule has 1 aliphatic carbocycles. The number of thiophene rings is 1. The summed E-state index contributed by atoms with van der Waals surface area (Å²) >= 11 is 5.07. The third kappa shape index (κ3) is 3.99. The van der Waals surface area contributed by atoms with Crippen molar-refractivity contribution in [2.75, 3.05) is 6.61 Å². The van der Waals surface area contributed by atoms with Gasteiger partial charge in [0.15, 0.2) is 5.16 Å². The molecule has 0 N–H and O–H groups in total. The second-order valence-electron chi connectivity index (χ2n) is 8.46. The first-order chi connectivity index (χ1) is 14.6. The van der Waals surface area contributed by atoms with E-state index in [0.29, 0.717) is 12.5 Å². The molecule has 1 atom stereocenters. The fourth-order valence-electron chi connectivity index (χ4n) is 4.28. The monoisotopic (exact) mass is 461 g/mol. The van der Waals surface area contributed by atoms with Gasteiger partial charge < -0.3 is 4.74 Å². The number of thiazole rings is 1. The van der Waals surface area contributed by atoms with Gasteiger partial charge in [-0.25, -0.2) is 9.97 Å². The maximum absolute atomic E-state index is 13.6. The van der Waals surface area contributed by atoms with E-state index in [1.165, 1.54) is 23.3 Å². The Labute approximate surface area is 188 Å². The number of nitrogens with zero attached hydrogens (tertiary/aromatic N) is 3. The van der Waals surface area contributed by atoms with E-state index in [2.05, 4.69) is 19.2 Å². The summed E-state index contributed by atoms with van der Waals surface area (Å²) in [6, 6.07) is 0. The Kier molecular flexibility index (Phi) is 6.01. The van der Waals surface area contributed by atoms with Gasteiger partial charge >= 0.3 is 0 Å². The molecule has 0 bridgehead atoms. The average Bonchev–Trinajstić information content (AvgIpc) is 3.48. The van der Waals surface area contributed by atoms with Crippen LogP contribution in [0, 0.1) is 0 Å². The molecule has 2 aliphatic rings. The lowest BCUT2D eigenvalue weighted by Crippen LogP contribution is -2.29. The summed E-state index contributed by atoms with van der Waals surface area (Å²) in [6.45, 7) is 5.73. The number of aromatic nitrogens is 3. The van der Waals surface area contributed by atoms with Crippen LogP contribution in [0.1, 0.15) is 66.6 Å². The Morgan fingerprint density at radius 3 is 2.90 bits per heavy atom. The maximum atomic E-state index is 13.6. The molecule has 0 saturated carbocycles. The average molecular weight is 462 g/mol.